The Morgan fingerprint density at radius 3 is 1.12 bits per heavy atom. The molecule has 0 unspecified atom stereocenters. The second kappa shape index (κ2) is 44.8. The highest BCUT2D eigenvalue weighted by Crippen LogP contribution is 2.50. The van der Waals surface area contributed by atoms with Gasteiger partial charge in [0, 0.05) is 48.8 Å². The van der Waals surface area contributed by atoms with Gasteiger partial charge in [0.05, 0.1) is 43.4 Å². The van der Waals surface area contributed by atoms with Crippen molar-refractivity contribution in [3.8, 4) is 64.9 Å². The summed E-state index contributed by atoms with van der Waals surface area (Å²) in [5, 5.41) is 12.4. The molecule has 0 radical (unpaired) electrons. The highest BCUT2D eigenvalue weighted by molar-refractivity contribution is 7.31. The second-order valence-corrected chi connectivity index (χ2v) is 36.5. The van der Waals surface area contributed by atoms with Gasteiger partial charge in [-0.05, 0) is 159 Å². The van der Waals surface area contributed by atoms with Gasteiger partial charge in [0.1, 0.15) is 21.7 Å². The van der Waals surface area contributed by atoms with Gasteiger partial charge in [0.2, 0.25) is 0 Å². The number of aryl methyl sites for hydroxylation is 4. The van der Waals surface area contributed by atoms with Crippen molar-refractivity contribution < 1.29 is 9.53 Å². The maximum atomic E-state index is 13.3. The lowest BCUT2D eigenvalue weighted by Crippen LogP contribution is -2.07. The lowest BCUT2D eigenvalue weighted by Gasteiger charge is -2.04. The first-order valence-electron chi connectivity index (χ1n) is 39.5. The van der Waals surface area contributed by atoms with Gasteiger partial charge in [-0.1, -0.05) is 241 Å². The second-order valence-electron chi connectivity index (χ2n) is 28.0. The predicted molar refractivity (Wildman–Crippen MR) is 451 cm³/mol. The van der Waals surface area contributed by atoms with Gasteiger partial charge < -0.3 is 4.74 Å². The van der Waals surface area contributed by atoms with E-state index >= 15 is 0 Å². The molecule has 0 fully saturated rings. The topological polar surface area (TPSA) is 80.2 Å². The van der Waals surface area contributed by atoms with E-state index in [1.165, 1.54) is 284 Å². The van der Waals surface area contributed by atoms with Crippen LogP contribution in [0.15, 0.2) is 71.9 Å². The Morgan fingerprint density at radius 2 is 0.743 bits per heavy atom. The average Bonchev–Trinajstić information content (AvgIpc) is 1.62. The van der Waals surface area contributed by atoms with Gasteiger partial charge in [-0.3, -0.25) is 0 Å². The first-order valence-corrected chi connectivity index (χ1v) is 46.0. The number of allylic oxidation sites excluding steroid dienone is 1. The number of esters is 1. The molecule has 0 amide bonds. The van der Waals surface area contributed by atoms with Crippen molar-refractivity contribution in [2.24, 2.45) is 0 Å². The molecule has 542 valence electrons. The van der Waals surface area contributed by atoms with Crippen LogP contribution in [0, 0.1) is 17.9 Å². The number of thiophene rings is 6. The van der Waals surface area contributed by atoms with E-state index in [4.69, 9.17) is 21.3 Å². The van der Waals surface area contributed by atoms with Crippen molar-refractivity contribution in [1.29, 1.82) is 5.26 Å². The van der Waals surface area contributed by atoms with E-state index in [-0.39, 0.29) is 5.57 Å². The van der Waals surface area contributed by atoms with Crippen molar-refractivity contribution in [1.82, 2.24) is 9.97 Å². The van der Waals surface area contributed by atoms with E-state index in [1.54, 1.807) is 28.7 Å². The van der Waals surface area contributed by atoms with Crippen LogP contribution in [0.1, 0.15) is 311 Å². The van der Waals surface area contributed by atoms with Crippen LogP contribution in [0.25, 0.3) is 96.2 Å². The quantitative estimate of drug-likeness (QED) is 0.0125. The van der Waals surface area contributed by atoms with Crippen LogP contribution in [0.5, 0.6) is 0 Å². The highest BCUT2D eigenvalue weighted by atomic mass is 32.1. The summed E-state index contributed by atoms with van der Waals surface area (Å²) in [7, 11) is 0. The summed E-state index contributed by atoms with van der Waals surface area (Å²) < 4.78 is 8.01. The average molecular weight is 1500 g/mol. The number of carbonyl (C=O) groups is 1. The van der Waals surface area contributed by atoms with Gasteiger partial charge in [-0.2, -0.15) is 5.26 Å². The third-order valence-corrected chi connectivity index (χ3v) is 29.4. The Kier molecular flexibility index (Phi) is 35.6. The van der Waals surface area contributed by atoms with Crippen LogP contribution in [0.2, 0.25) is 0 Å². The molecule has 0 saturated heterocycles. The summed E-state index contributed by atoms with van der Waals surface area (Å²) in [6.07, 6.45) is 53.4. The summed E-state index contributed by atoms with van der Waals surface area (Å²) in [6, 6.07) is 25.8. The predicted octanol–water partition coefficient (Wildman–Crippen LogP) is 31.7. The maximum absolute atomic E-state index is 13.3. The van der Waals surface area contributed by atoms with Crippen molar-refractivity contribution >= 4 is 129 Å². The number of ether oxygens (including phenoxy) is 1. The molecule has 0 atom stereocenters. The van der Waals surface area contributed by atoms with Crippen molar-refractivity contribution in [3.63, 3.8) is 0 Å². The van der Waals surface area contributed by atoms with Crippen molar-refractivity contribution in [2.45, 2.75) is 305 Å². The van der Waals surface area contributed by atoms with E-state index < -0.39 is 5.97 Å². The Bertz CT molecular complexity index is 4020. The molecular formula is C87H114N4O2S8. The first-order chi connectivity index (χ1) is 49.7. The first kappa shape index (κ1) is 80.2. The molecule has 0 aliphatic carbocycles. The van der Waals surface area contributed by atoms with Gasteiger partial charge in [-0.15, -0.1) is 90.7 Å². The third-order valence-electron chi connectivity index (χ3n) is 19.5. The molecule has 9 rings (SSSR count). The van der Waals surface area contributed by atoms with E-state index in [1.807, 2.05) is 68.0 Å². The molecule has 6 nitrogen and oxygen atoms in total. The number of carbonyl (C=O) groups excluding carboxylic acids is 1. The fourth-order valence-electron chi connectivity index (χ4n) is 13.6. The molecule has 8 aromatic heterocycles. The third kappa shape index (κ3) is 24.9. The Balaban J connectivity index is 0.979. The van der Waals surface area contributed by atoms with Crippen LogP contribution in [0.4, 0.5) is 0 Å². The highest BCUT2D eigenvalue weighted by Gasteiger charge is 2.24. The number of nitriles is 1. The molecule has 8 heterocycles. The van der Waals surface area contributed by atoms with Crippen LogP contribution in [0.3, 0.4) is 0 Å². The molecule has 14 heteroatoms. The lowest BCUT2D eigenvalue weighted by molar-refractivity contribution is -0.138. The van der Waals surface area contributed by atoms with Gasteiger partial charge in [-0.25, -0.2) is 19.6 Å². The minimum Gasteiger partial charge on any atom is -0.462 e. The monoisotopic (exact) mass is 1500 g/mol. The zero-order chi connectivity index (χ0) is 70.8. The van der Waals surface area contributed by atoms with Crippen molar-refractivity contribution in [3.05, 3.63) is 115 Å². The van der Waals surface area contributed by atoms with Gasteiger partial charge in [0.15, 0.2) is 5.70 Å². The molecular weight excluding hydrogens is 1390 g/mol. The zero-order valence-electron chi connectivity index (χ0n) is 62.0. The lowest BCUT2D eigenvalue weighted by atomic mass is 10.0. The van der Waals surface area contributed by atoms with Crippen LogP contribution >= 0.6 is 90.7 Å². The Morgan fingerprint density at radius 1 is 0.406 bits per heavy atom. The molecule has 9 aromatic rings. The fourth-order valence-corrected chi connectivity index (χ4v) is 23.0. The number of nitrogens with zero attached hydrogens (tertiary/aromatic N) is 4. The fraction of sp³-hybridized carbons (Fsp3) is 0.552. The zero-order valence-corrected chi connectivity index (χ0v) is 68.5. The molecule has 1 aromatic carbocycles. The Hall–Kier alpha value is -4.87. The summed E-state index contributed by atoms with van der Waals surface area (Å²) in [5.74, 6) is -0.520. The van der Waals surface area contributed by atoms with Crippen LogP contribution in [-0.2, 0) is 35.2 Å². The number of benzene rings is 1. The molecule has 0 bridgehead atoms. The minimum absolute atomic E-state index is 0.0725. The van der Waals surface area contributed by atoms with E-state index in [9.17, 15) is 10.1 Å². The molecule has 0 N–H and O–H groups in total. The van der Waals surface area contributed by atoms with E-state index in [0.717, 1.165) is 95.8 Å². The number of rotatable bonds is 51. The number of aromatic nitrogens is 2. The number of hydrogen-bond acceptors (Lipinski definition) is 13. The smallest absolute Gasteiger partial charge is 0.348 e. The molecule has 0 aliphatic rings. The Labute approximate surface area is 640 Å². The van der Waals surface area contributed by atoms with Gasteiger partial charge >= 0.3 is 5.97 Å². The van der Waals surface area contributed by atoms with Gasteiger partial charge in [0.25, 0.3) is 0 Å². The normalized spacial score (nSPS) is 12.1. The van der Waals surface area contributed by atoms with E-state index in [2.05, 4.69) is 119 Å². The number of thiazole rings is 2. The standard InChI is InChI=1S/C87H114N4O2S8/c1-8-14-20-26-32-38-44-63-54-69(56-67(62-88)87(92)93-53-43-37-31-25-19-13-6)94-81(63)73-49-51-75(96-73)83-65(46-40-34-28-22-16-10-3)57-79(98-83)85-90-71-60-78-72(61-77(71)100-85)91-86(101-78)80-58-66(47-41-35-29-23-17-11-4)84(99-80)76-52-50-74(97-76)82-64(45-39-33-27-21-15-9-2)55-70(95-82)59-68(89-7)48-42-36-30-24-18-12-5/h49-52,54-61H,8-48,53H2,1-6H3/b67-56-,68-59-. The number of fused-ring (bicyclic) bond motifs is 2. The van der Waals surface area contributed by atoms with Crippen LogP contribution < -0.4 is 0 Å². The molecule has 0 spiro atoms. The summed E-state index contributed by atoms with van der Waals surface area (Å²) in [6.45, 7) is 22.1. The number of unbranched alkanes of at least 4 members (excludes halogenated alkanes) is 30. The largest absolute Gasteiger partial charge is 0.462 e. The number of hydrogen-bond donors (Lipinski definition) is 0. The van der Waals surface area contributed by atoms with Crippen LogP contribution in [-0.4, -0.2) is 22.5 Å². The SMILES string of the molecule is [C-]#[N+]/C(=C\c1cc(CCCCCCCC)c(-c2ccc(-c3sc(-c4nc5cc6sc(-c7cc(CCCCCCCC)c(-c8ccc(-c9sc(/C=C(/C#N)C(=O)OCCCCCCCC)cc9CCCCCCCC)s8)s7)nc6cc5s4)cc3CCCCCCCC)s2)s1)CCCCCCCC. The van der Waals surface area contributed by atoms with Crippen molar-refractivity contribution in [2.75, 3.05) is 6.61 Å². The molecule has 0 aliphatic heterocycles. The summed E-state index contributed by atoms with van der Waals surface area (Å²) in [4.78, 5) is 43.5. The minimum atomic E-state index is -0.520. The maximum Gasteiger partial charge on any atom is 0.348 e. The molecule has 0 saturated carbocycles. The molecule has 101 heavy (non-hydrogen) atoms. The van der Waals surface area contributed by atoms with E-state index in [0.29, 0.717) is 6.61 Å². The summed E-state index contributed by atoms with van der Waals surface area (Å²) in [5.41, 5.74) is 8.68. The summed E-state index contributed by atoms with van der Waals surface area (Å²) >= 11 is 14.9.